The first-order valence-electron chi connectivity index (χ1n) is 6.57. The van der Waals surface area contributed by atoms with Gasteiger partial charge in [0.1, 0.15) is 0 Å². The van der Waals surface area contributed by atoms with Crippen molar-refractivity contribution in [1.29, 1.82) is 0 Å². The molecule has 0 spiro atoms. The van der Waals surface area contributed by atoms with Crippen molar-refractivity contribution in [3.63, 3.8) is 0 Å². The molecule has 4 nitrogen and oxygen atoms in total. The van der Waals surface area contributed by atoms with E-state index in [1.54, 1.807) is 0 Å². The van der Waals surface area contributed by atoms with E-state index in [4.69, 9.17) is 5.84 Å². The SMILES string of the molecule is CCC(C)CC(Cc1ccn(C(C)C)n1)NN. The van der Waals surface area contributed by atoms with E-state index in [2.05, 4.69) is 44.3 Å². The molecule has 1 aromatic rings. The minimum Gasteiger partial charge on any atom is -0.271 e. The van der Waals surface area contributed by atoms with Crippen LogP contribution in [0.25, 0.3) is 0 Å². The minimum atomic E-state index is 0.320. The van der Waals surface area contributed by atoms with Crippen molar-refractivity contribution < 1.29 is 0 Å². The van der Waals surface area contributed by atoms with E-state index in [1.165, 1.54) is 6.42 Å². The standard InChI is InChI=1S/C13H26N4/c1-5-11(4)8-13(15-14)9-12-6-7-17(16-12)10(2)3/h6-7,10-11,13,15H,5,8-9,14H2,1-4H3. The third kappa shape index (κ3) is 4.48. The molecule has 3 N–H and O–H groups in total. The van der Waals surface area contributed by atoms with Gasteiger partial charge in [0.15, 0.2) is 0 Å². The summed E-state index contributed by atoms with van der Waals surface area (Å²) in [5, 5.41) is 4.55. The molecule has 2 unspecified atom stereocenters. The van der Waals surface area contributed by atoms with Crippen LogP contribution in [-0.2, 0) is 6.42 Å². The van der Waals surface area contributed by atoms with Crippen LogP contribution >= 0.6 is 0 Å². The van der Waals surface area contributed by atoms with Gasteiger partial charge >= 0.3 is 0 Å². The predicted octanol–water partition coefficient (Wildman–Crippen LogP) is 2.27. The zero-order chi connectivity index (χ0) is 12.8. The first-order valence-corrected chi connectivity index (χ1v) is 6.57. The average molecular weight is 238 g/mol. The highest BCUT2D eigenvalue weighted by Gasteiger charge is 2.13. The molecule has 0 bridgehead atoms. The Morgan fingerprint density at radius 1 is 1.41 bits per heavy atom. The van der Waals surface area contributed by atoms with Crippen LogP contribution in [0.3, 0.4) is 0 Å². The minimum absolute atomic E-state index is 0.320. The third-order valence-corrected chi connectivity index (χ3v) is 3.27. The molecular weight excluding hydrogens is 212 g/mol. The summed E-state index contributed by atoms with van der Waals surface area (Å²) in [5.74, 6) is 6.30. The molecule has 0 aliphatic heterocycles. The van der Waals surface area contributed by atoms with Gasteiger partial charge in [-0.1, -0.05) is 20.3 Å². The van der Waals surface area contributed by atoms with Gasteiger partial charge in [0.2, 0.25) is 0 Å². The maximum absolute atomic E-state index is 5.61. The van der Waals surface area contributed by atoms with Crippen molar-refractivity contribution in [3.05, 3.63) is 18.0 Å². The summed E-state index contributed by atoms with van der Waals surface area (Å²) in [5.41, 5.74) is 4.02. The molecule has 0 radical (unpaired) electrons. The first-order chi connectivity index (χ1) is 8.06. The van der Waals surface area contributed by atoms with E-state index in [9.17, 15) is 0 Å². The van der Waals surface area contributed by atoms with E-state index in [1.807, 2.05) is 10.9 Å². The molecule has 1 aromatic heterocycles. The summed E-state index contributed by atoms with van der Waals surface area (Å²) < 4.78 is 1.99. The third-order valence-electron chi connectivity index (χ3n) is 3.27. The number of nitrogens with one attached hydrogen (secondary N) is 1. The number of nitrogens with two attached hydrogens (primary N) is 1. The molecule has 17 heavy (non-hydrogen) atoms. The second-order valence-electron chi connectivity index (χ2n) is 5.20. The zero-order valence-corrected chi connectivity index (χ0v) is 11.5. The van der Waals surface area contributed by atoms with E-state index in [-0.39, 0.29) is 0 Å². The first kappa shape index (κ1) is 14.2. The Morgan fingerprint density at radius 2 is 2.12 bits per heavy atom. The average Bonchev–Trinajstić information content (AvgIpc) is 2.76. The van der Waals surface area contributed by atoms with Crippen molar-refractivity contribution in [1.82, 2.24) is 15.2 Å². The topological polar surface area (TPSA) is 55.9 Å². The van der Waals surface area contributed by atoms with Crippen LogP contribution < -0.4 is 11.3 Å². The lowest BCUT2D eigenvalue weighted by Gasteiger charge is -2.18. The largest absolute Gasteiger partial charge is 0.271 e. The molecule has 1 heterocycles. The van der Waals surface area contributed by atoms with E-state index >= 15 is 0 Å². The summed E-state index contributed by atoms with van der Waals surface area (Å²) in [7, 11) is 0. The summed E-state index contributed by atoms with van der Waals surface area (Å²) in [4.78, 5) is 0. The van der Waals surface area contributed by atoms with Gasteiger partial charge in [-0.25, -0.2) is 0 Å². The van der Waals surface area contributed by atoms with Gasteiger partial charge in [0.25, 0.3) is 0 Å². The van der Waals surface area contributed by atoms with E-state index in [0.29, 0.717) is 18.0 Å². The maximum Gasteiger partial charge on any atom is 0.0640 e. The second kappa shape index (κ2) is 6.77. The molecule has 0 aromatic carbocycles. The van der Waals surface area contributed by atoms with Crippen molar-refractivity contribution in [3.8, 4) is 0 Å². The van der Waals surface area contributed by atoms with Crippen LogP contribution in [-0.4, -0.2) is 15.8 Å². The smallest absolute Gasteiger partial charge is 0.0640 e. The zero-order valence-electron chi connectivity index (χ0n) is 11.5. The van der Waals surface area contributed by atoms with Crippen LogP contribution in [0.5, 0.6) is 0 Å². The Kier molecular flexibility index (Phi) is 5.65. The lowest BCUT2D eigenvalue weighted by Crippen LogP contribution is -2.38. The highest BCUT2D eigenvalue weighted by molar-refractivity contribution is 5.02. The van der Waals surface area contributed by atoms with Gasteiger partial charge in [0, 0.05) is 24.7 Å². The Balaban J connectivity index is 2.54. The summed E-state index contributed by atoms with van der Waals surface area (Å²) in [6.07, 6.45) is 5.23. The van der Waals surface area contributed by atoms with E-state index in [0.717, 1.165) is 18.5 Å². The summed E-state index contributed by atoms with van der Waals surface area (Å²) in [6.45, 7) is 8.74. The fourth-order valence-corrected chi connectivity index (χ4v) is 1.89. The molecule has 0 fully saturated rings. The monoisotopic (exact) mass is 238 g/mol. The molecule has 0 saturated carbocycles. The molecule has 0 amide bonds. The normalized spacial score (nSPS) is 15.2. The number of aromatic nitrogens is 2. The highest BCUT2D eigenvalue weighted by atomic mass is 15.3. The quantitative estimate of drug-likeness (QED) is 0.566. The molecule has 4 heteroatoms. The van der Waals surface area contributed by atoms with Crippen molar-refractivity contribution in [2.45, 2.75) is 59.0 Å². The number of nitrogens with zero attached hydrogens (tertiary/aromatic N) is 2. The summed E-state index contributed by atoms with van der Waals surface area (Å²) in [6, 6.07) is 2.82. The van der Waals surface area contributed by atoms with Crippen LogP contribution in [0, 0.1) is 5.92 Å². The molecule has 1 rings (SSSR count). The van der Waals surface area contributed by atoms with Crippen molar-refractivity contribution >= 4 is 0 Å². The van der Waals surface area contributed by atoms with E-state index < -0.39 is 0 Å². The Labute approximate surface area is 105 Å². The molecule has 98 valence electrons. The molecule has 0 aliphatic carbocycles. The molecule has 0 aliphatic rings. The van der Waals surface area contributed by atoms with Gasteiger partial charge in [-0.05, 0) is 32.3 Å². The number of hydrogen-bond donors (Lipinski definition) is 2. The number of hydrazine groups is 1. The Morgan fingerprint density at radius 3 is 2.59 bits per heavy atom. The lowest BCUT2D eigenvalue weighted by molar-refractivity contribution is 0.392. The van der Waals surface area contributed by atoms with Gasteiger partial charge in [0.05, 0.1) is 5.69 Å². The molecular formula is C13H26N4. The van der Waals surface area contributed by atoms with Crippen LogP contribution in [0.2, 0.25) is 0 Å². The Hall–Kier alpha value is -0.870. The van der Waals surface area contributed by atoms with Gasteiger partial charge in [-0.15, -0.1) is 0 Å². The molecule has 0 saturated heterocycles. The summed E-state index contributed by atoms with van der Waals surface area (Å²) >= 11 is 0. The van der Waals surface area contributed by atoms with Crippen molar-refractivity contribution in [2.75, 3.05) is 0 Å². The predicted molar refractivity (Wildman–Crippen MR) is 71.5 cm³/mol. The second-order valence-corrected chi connectivity index (χ2v) is 5.20. The van der Waals surface area contributed by atoms with Gasteiger partial charge in [-0.3, -0.25) is 16.0 Å². The fraction of sp³-hybridized carbons (Fsp3) is 0.769. The number of hydrogen-bond acceptors (Lipinski definition) is 3. The van der Waals surface area contributed by atoms with Crippen LogP contribution in [0.1, 0.15) is 52.3 Å². The van der Waals surface area contributed by atoms with Crippen LogP contribution in [0.15, 0.2) is 12.3 Å². The fourth-order valence-electron chi connectivity index (χ4n) is 1.89. The maximum atomic E-state index is 5.61. The Bertz CT molecular complexity index is 319. The highest BCUT2D eigenvalue weighted by Crippen LogP contribution is 2.13. The van der Waals surface area contributed by atoms with Gasteiger partial charge < -0.3 is 0 Å². The van der Waals surface area contributed by atoms with Crippen LogP contribution in [0.4, 0.5) is 0 Å². The number of rotatable bonds is 7. The molecule has 2 atom stereocenters. The van der Waals surface area contributed by atoms with Crippen molar-refractivity contribution in [2.24, 2.45) is 11.8 Å². The lowest BCUT2D eigenvalue weighted by atomic mass is 9.97. The van der Waals surface area contributed by atoms with Gasteiger partial charge in [-0.2, -0.15) is 5.10 Å².